The number of benzene rings is 1. The largest absolute Gasteiger partial charge is 0.443 e. The van der Waals surface area contributed by atoms with Crippen LogP contribution in [0.1, 0.15) is 20.8 Å². The van der Waals surface area contributed by atoms with Crippen LogP contribution < -0.4 is 5.69 Å². The van der Waals surface area contributed by atoms with Gasteiger partial charge in [0.05, 0.1) is 34.0 Å². The van der Waals surface area contributed by atoms with Crippen molar-refractivity contribution in [3.8, 4) is 5.69 Å². The van der Waals surface area contributed by atoms with Crippen LogP contribution in [0.5, 0.6) is 0 Å². The molecule has 4 rings (SSSR count). The number of ether oxygens (including phenoxy) is 1. The number of para-hydroxylation sites is 2. The van der Waals surface area contributed by atoms with Crippen LogP contribution in [0.4, 0.5) is 4.79 Å². The maximum atomic E-state index is 13.2. The van der Waals surface area contributed by atoms with Gasteiger partial charge in [-0.2, -0.15) is 4.57 Å². The topological polar surface area (TPSA) is 71.0 Å². The zero-order valence-corrected chi connectivity index (χ0v) is 15.6. The Morgan fingerprint density at radius 2 is 1.78 bits per heavy atom. The van der Waals surface area contributed by atoms with Crippen LogP contribution in [-0.2, 0) is 11.8 Å². The number of fused-ring (bicyclic) bond motifs is 2. The Balaban J connectivity index is 1.98. The van der Waals surface area contributed by atoms with Crippen LogP contribution in [-0.4, -0.2) is 30.4 Å². The Bertz CT molecular complexity index is 1240. The summed E-state index contributed by atoms with van der Waals surface area (Å²) >= 11 is 0. The third kappa shape index (κ3) is 2.81. The van der Waals surface area contributed by atoms with Gasteiger partial charge >= 0.3 is 11.8 Å². The van der Waals surface area contributed by atoms with E-state index in [4.69, 9.17) is 4.74 Å². The molecule has 0 unspecified atom stereocenters. The number of aromatic nitrogens is 4. The number of carbonyl (C=O) groups excluding carboxylic acids is 1. The fraction of sp³-hybridized carbons (Fsp3) is 0.250. The fourth-order valence-electron chi connectivity index (χ4n) is 3.13. The monoisotopic (exact) mass is 364 g/mol. The number of nitrogens with zero attached hydrogens (tertiary/aromatic N) is 4. The van der Waals surface area contributed by atoms with Crippen LogP contribution in [0.2, 0.25) is 0 Å². The molecular weight excluding hydrogens is 344 g/mol. The second kappa shape index (κ2) is 5.84. The lowest BCUT2D eigenvalue weighted by atomic mass is 10.2. The van der Waals surface area contributed by atoms with E-state index >= 15 is 0 Å². The standard InChI is InChI=1S/C20H20N4O3/c1-20(2,3)27-19(26)24-16-8-6-5-7-15(16)23(18(24)25)13-11-17-14(21-12-13)9-10-22(17)4/h5-12H,1-4H3. The van der Waals surface area contributed by atoms with Gasteiger partial charge in [-0.25, -0.2) is 9.59 Å². The highest BCUT2D eigenvalue weighted by molar-refractivity contribution is 5.88. The highest BCUT2D eigenvalue weighted by atomic mass is 16.6. The van der Waals surface area contributed by atoms with E-state index in [1.807, 2.05) is 36.0 Å². The van der Waals surface area contributed by atoms with Crippen LogP contribution in [0, 0.1) is 0 Å². The molecule has 0 aliphatic carbocycles. The van der Waals surface area contributed by atoms with E-state index in [-0.39, 0.29) is 0 Å². The summed E-state index contributed by atoms with van der Waals surface area (Å²) < 4.78 is 9.91. The number of hydrogen-bond acceptors (Lipinski definition) is 4. The van der Waals surface area contributed by atoms with E-state index in [0.29, 0.717) is 16.7 Å². The fourth-order valence-corrected chi connectivity index (χ4v) is 3.13. The van der Waals surface area contributed by atoms with Crippen LogP contribution in [0.15, 0.2) is 53.6 Å². The van der Waals surface area contributed by atoms with Crippen LogP contribution >= 0.6 is 0 Å². The van der Waals surface area contributed by atoms with Gasteiger partial charge in [-0.05, 0) is 45.0 Å². The van der Waals surface area contributed by atoms with E-state index in [1.165, 1.54) is 4.57 Å². The summed E-state index contributed by atoms with van der Waals surface area (Å²) in [5.74, 6) is 0. The molecule has 0 radical (unpaired) electrons. The van der Waals surface area contributed by atoms with Crippen molar-refractivity contribution in [3.63, 3.8) is 0 Å². The molecule has 1 aromatic carbocycles. The molecule has 138 valence electrons. The molecule has 3 aromatic heterocycles. The van der Waals surface area contributed by atoms with E-state index in [0.717, 1.165) is 15.6 Å². The van der Waals surface area contributed by atoms with Gasteiger partial charge in [-0.15, -0.1) is 0 Å². The molecule has 0 amide bonds. The average Bonchev–Trinajstić information content (AvgIpc) is 3.10. The average molecular weight is 364 g/mol. The van der Waals surface area contributed by atoms with Crippen molar-refractivity contribution in [1.82, 2.24) is 18.7 Å². The normalized spacial score (nSPS) is 12.0. The van der Waals surface area contributed by atoms with Crippen molar-refractivity contribution in [2.24, 2.45) is 7.05 Å². The first-order chi connectivity index (χ1) is 12.8. The van der Waals surface area contributed by atoms with Gasteiger partial charge in [0, 0.05) is 13.2 Å². The van der Waals surface area contributed by atoms with Crippen molar-refractivity contribution < 1.29 is 9.53 Å². The number of pyridine rings is 1. The molecule has 3 heterocycles. The van der Waals surface area contributed by atoms with E-state index in [2.05, 4.69) is 4.98 Å². The minimum atomic E-state index is -0.705. The second-order valence-electron chi connectivity index (χ2n) is 7.45. The molecule has 0 aliphatic heterocycles. The molecule has 0 saturated carbocycles. The quantitative estimate of drug-likeness (QED) is 0.519. The maximum absolute atomic E-state index is 13.2. The molecule has 0 saturated heterocycles. The number of carbonyl (C=O) groups is 1. The third-order valence-electron chi connectivity index (χ3n) is 4.30. The van der Waals surface area contributed by atoms with Gasteiger partial charge in [-0.1, -0.05) is 12.1 Å². The zero-order valence-electron chi connectivity index (χ0n) is 15.6. The Kier molecular flexibility index (Phi) is 3.69. The van der Waals surface area contributed by atoms with Gasteiger partial charge in [0.25, 0.3) is 0 Å². The lowest BCUT2D eigenvalue weighted by Crippen LogP contribution is -2.34. The molecule has 7 heteroatoms. The molecule has 0 atom stereocenters. The molecule has 0 spiro atoms. The van der Waals surface area contributed by atoms with Crippen molar-refractivity contribution in [3.05, 3.63) is 59.3 Å². The lowest BCUT2D eigenvalue weighted by molar-refractivity contribution is 0.0538. The molecule has 0 fully saturated rings. The highest BCUT2D eigenvalue weighted by Gasteiger charge is 2.24. The van der Waals surface area contributed by atoms with Crippen LogP contribution in [0.3, 0.4) is 0 Å². The summed E-state index contributed by atoms with van der Waals surface area (Å²) in [6.07, 6.45) is 2.85. The zero-order chi connectivity index (χ0) is 19.3. The Hall–Kier alpha value is -3.35. The smallest absolute Gasteiger partial charge is 0.423 e. The highest BCUT2D eigenvalue weighted by Crippen LogP contribution is 2.21. The van der Waals surface area contributed by atoms with Gasteiger partial charge in [0.15, 0.2) is 0 Å². The summed E-state index contributed by atoms with van der Waals surface area (Å²) in [7, 11) is 1.92. The molecular formula is C20H20N4O3. The Morgan fingerprint density at radius 3 is 2.48 bits per heavy atom. The predicted octanol–water partition coefficient (Wildman–Crippen LogP) is 3.46. The van der Waals surface area contributed by atoms with Gasteiger partial charge in [0.1, 0.15) is 5.60 Å². The first kappa shape index (κ1) is 17.1. The lowest BCUT2D eigenvalue weighted by Gasteiger charge is -2.19. The summed E-state index contributed by atoms with van der Waals surface area (Å²) in [5, 5.41) is 0. The molecule has 4 aromatic rings. The number of aryl methyl sites for hydroxylation is 1. The number of rotatable bonds is 1. The molecule has 27 heavy (non-hydrogen) atoms. The molecule has 0 aliphatic rings. The van der Waals surface area contributed by atoms with Crippen molar-refractivity contribution >= 4 is 28.2 Å². The van der Waals surface area contributed by atoms with Crippen molar-refractivity contribution in [2.45, 2.75) is 26.4 Å². The van der Waals surface area contributed by atoms with E-state index in [9.17, 15) is 9.59 Å². The van der Waals surface area contributed by atoms with Gasteiger partial charge in [-0.3, -0.25) is 9.55 Å². The third-order valence-corrected chi connectivity index (χ3v) is 4.30. The minimum Gasteiger partial charge on any atom is -0.443 e. The molecule has 0 bridgehead atoms. The van der Waals surface area contributed by atoms with Crippen molar-refractivity contribution in [1.29, 1.82) is 0 Å². The van der Waals surface area contributed by atoms with Gasteiger partial charge < -0.3 is 9.30 Å². The summed E-state index contributed by atoms with van der Waals surface area (Å²) in [6, 6.07) is 10.9. The van der Waals surface area contributed by atoms with Crippen molar-refractivity contribution in [2.75, 3.05) is 0 Å². The summed E-state index contributed by atoms with van der Waals surface area (Å²) in [5.41, 5.74) is 2.24. The first-order valence-electron chi connectivity index (χ1n) is 8.63. The van der Waals surface area contributed by atoms with E-state index < -0.39 is 17.4 Å². The van der Waals surface area contributed by atoms with Gasteiger partial charge in [0.2, 0.25) is 0 Å². The maximum Gasteiger partial charge on any atom is 0.423 e. The Morgan fingerprint density at radius 1 is 1.07 bits per heavy atom. The Labute approximate surface area is 155 Å². The predicted molar refractivity (Wildman–Crippen MR) is 103 cm³/mol. The SMILES string of the molecule is Cn1ccc2ncc(-n3c(=O)n(C(=O)OC(C)(C)C)c4ccccc43)cc21. The molecule has 0 N–H and O–H groups in total. The second-order valence-corrected chi connectivity index (χ2v) is 7.45. The summed E-state index contributed by atoms with van der Waals surface area (Å²) in [4.78, 5) is 30.3. The van der Waals surface area contributed by atoms with Crippen LogP contribution in [0.25, 0.3) is 27.8 Å². The first-order valence-corrected chi connectivity index (χ1v) is 8.63. The molecule has 7 nitrogen and oxygen atoms in total. The number of hydrogen-bond donors (Lipinski definition) is 0. The summed E-state index contributed by atoms with van der Waals surface area (Å²) in [6.45, 7) is 5.30. The minimum absolute atomic E-state index is 0.485. The number of imidazole rings is 1. The van der Waals surface area contributed by atoms with E-state index in [1.54, 1.807) is 45.2 Å².